The molecule has 8 nitrogen and oxygen atoms in total. The molecule has 4 rings (SSSR count). The van der Waals surface area contributed by atoms with Crippen molar-refractivity contribution in [3.8, 4) is 5.75 Å². The largest absolute Gasteiger partial charge is 0.508 e. The first-order valence-electron chi connectivity index (χ1n) is 15.2. The van der Waals surface area contributed by atoms with Crippen molar-refractivity contribution in [2.75, 3.05) is 0 Å². The van der Waals surface area contributed by atoms with E-state index in [9.17, 15) is 39.6 Å². The number of unbranched alkanes of at least 4 members (excludes halogenated alkanes) is 1. The molecule has 0 bridgehead atoms. The van der Waals surface area contributed by atoms with Crippen molar-refractivity contribution >= 4 is 35.0 Å². The van der Waals surface area contributed by atoms with Crippen LogP contribution in [0.5, 0.6) is 5.75 Å². The van der Waals surface area contributed by atoms with E-state index in [4.69, 9.17) is 0 Å². The second kappa shape index (κ2) is 11.2. The van der Waals surface area contributed by atoms with Crippen molar-refractivity contribution in [2.24, 2.45) is 28.6 Å². The molecule has 1 saturated carbocycles. The number of Topliss-reactive ketones (excluding diaryl/α,β-unsaturated/α-hetero) is 3. The van der Waals surface area contributed by atoms with Crippen LogP contribution in [0.25, 0.3) is 11.8 Å². The molecule has 0 aliphatic heterocycles. The Morgan fingerprint density at radius 1 is 1.05 bits per heavy atom. The molecule has 0 heterocycles. The SMILES string of the molecule is CC(=O)C1=C(O)[C@]2(O)C(=O)C3=C(O)c4c(O)ccc(/C=C/C(=O)CCCCC(C)C)c4C[C@]3(C)C[C@]2(C)C(C(C)C)C1=O. The summed E-state index contributed by atoms with van der Waals surface area (Å²) < 4.78 is 0. The number of benzene rings is 1. The van der Waals surface area contributed by atoms with Gasteiger partial charge in [0.15, 0.2) is 23.0 Å². The second-order valence-electron chi connectivity index (χ2n) is 13.9. The molecule has 3 aliphatic rings. The molecule has 0 radical (unpaired) electrons. The minimum absolute atomic E-state index is 0.0124. The first-order valence-corrected chi connectivity index (χ1v) is 15.2. The van der Waals surface area contributed by atoms with Gasteiger partial charge in [0, 0.05) is 28.7 Å². The first kappa shape index (κ1) is 32.4. The van der Waals surface area contributed by atoms with E-state index < -0.39 is 62.7 Å². The Balaban J connectivity index is 1.85. The molecule has 0 amide bonds. The molecule has 1 unspecified atom stereocenters. The topological polar surface area (TPSA) is 149 Å². The van der Waals surface area contributed by atoms with Crippen LogP contribution >= 0.6 is 0 Å². The maximum Gasteiger partial charge on any atom is 0.203 e. The number of ketones is 4. The van der Waals surface area contributed by atoms with Gasteiger partial charge in [0.05, 0.1) is 5.56 Å². The van der Waals surface area contributed by atoms with Gasteiger partial charge >= 0.3 is 0 Å². The fourth-order valence-corrected chi connectivity index (χ4v) is 8.02. The first-order chi connectivity index (χ1) is 19.9. The maximum atomic E-state index is 14.4. The van der Waals surface area contributed by atoms with E-state index in [2.05, 4.69) is 13.8 Å². The monoisotopic (exact) mass is 592 g/mol. The number of aliphatic hydroxyl groups is 3. The van der Waals surface area contributed by atoms with Crippen molar-refractivity contribution in [1.29, 1.82) is 0 Å². The molecular weight excluding hydrogens is 548 g/mol. The Morgan fingerprint density at radius 3 is 2.28 bits per heavy atom. The summed E-state index contributed by atoms with van der Waals surface area (Å²) in [5.41, 5.74) is -4.92. The number of fused-ring (bicyclic) bond motifs is 3. The number of aliphatic hydroxyl groups excluding tert-OH is 2. The van der Waals surface area contributed by atoms with E-state index in [0.717, 1.165) is 26.2 Å². The van der Waals surface area contributed by atoms with Crippen LogP contribution in [0.1, 0.15) is 97.3 Å². The highest BCUT2D eigenvalue weighted by molar-refractivity contribution is 6.24. The lowest BCUT2D eigenvalue weighted by atomic mass is 9.43. The molecule has 4 atom stereocenters. The van der Waals surface area contributed by atoms with E-state index in [-0.39, 0.29) is 35.5 Å². The lowest BCUT2D eigenvalue weighted by Gasteiger charge is -2.59. The third kappa shape index (κ3) is 4.97. The van der Waals surface area contributed by atoms with E-state index >= 15 is 0 Å². The van der Waals surface area contributed by atoms with Crippen LogP contribution in [0.4, 0.5) is 0 Å². The van der Waals surface area contributed by atoms with Gasteiger partial charge in [0.25, 0.3) is 0 Å². The highest BCUT2D eigenvalue weighted by atomic mass is 16.3. The van der Waals surface area contributed by atoms with Gasteiger partial charge in [-0.25, -0.2) is 0 Å². The molecule has 0 saturated heterocycles. The molecule has 1 fully saturated rings. The van der Waals surface area contributed by atoms with Crippen molar-refractivity contribution in [3.63, 3.8) is 0 Å². The number of hydrogen-bond acceptors (Lipinski definition) is 8. The van der Waals surface area contributed by atoms with Crippen LogP contribution < -0.4 is 0 Å². The lowest BCUT2D eigenvalue weighted by molar-refractivity contribution is -0.178. The molecule has 0 aromatic heterocycles. The van der Waals surface area contributed by atoms with Crippen molar-refractivity contribution in [3.05, 3.63) is 51.8 Å². The minimum atomic E-state index is -2.65. The highest BCUT2D eigenvalue weighted by Gasteiger charge is 2.72. The number of aromatic hydroxyl groups is 1. The van der Waals surface area contributed by atoms with Gasteiger partial charge in [0.2, 0.25) is 5.78 Å². The van der Waals surface area contributed by atoms with E-state index in [1.165, 1.54) is 12.1 Å². The van der Waals surface area contributed by atoms with Gasteiger partial charge in [-0.3, -0.25) is 19.2 Å². The van der Waals surface area contributed by atoms with Gasteiger partial charge < -0.3 is 20.4 Å². The number of phenols is 1. The van der Waals surface area contributed by atoms with Crippen molar-refractivity contribution in [2.45, 2.75) is 92.6 Å². The fraction of sp³-hybridized carbons (Fsp3) is 0.543. The third-order valence-corrected chi connectivity index (χ3v) is 9.83. The summed E-state index contributed by atoms with van der Waals surface area (Å²) in [7, 11) is 0. The zero-order valence-corrected chi connectivity index (χ0v) is 26.2. The van der Waals surface area contributed by atoms with Crippen LogP contribution in [-0.2, 0) is 25.6 Å². The number of carbonyl (C=O) groups excluding carboxylic acids is 4. The molecule has 1 aromatic carbocycles. The Kier molecular flexibility index (Phi) is 8.44. The summed E-state index contributed by atoms with van der Waals surface area (Å²) in [6, 6.07) is 3.02. The summed E-state index contributed by atoms with van der Waals surface area (Å²) >= 11 is 0. The molecule has 43 heavy (non-hydrogen) atoms. The van der Waals surface area contributed by atoms with Crippen LogP contribution in [0.15, 0.2) is 35.1 Å². The van der Waals surface area contributed by atoms with E-state index in [0.29, 0.717) is 23.5 Å². The molecular formula is C35H44O8. The quantitative estimate of drug-likeness (QED) is 0.155. The standard InChI is InChI=1S/C35H44O8/c1-18(2)10-8-9-11-22(37)14-12-21-13-15-24(38)26-23(21)16-33(6)17-34(7)27(19(3)4)29(39)25(20(5)36)31(41)35(34,43)32(42)28(33)30(26)40/h12-15,18-19,27,38,40-41,43H,8-11,16-17H2,1-7H3/b14-12+/t27?,33-,34-,35+/m1/s1. The summed E-state index contributed by atoms with van der Waals surface area (Å²) in [4.78, 5) is 53.1. The van der Waals surface area contributed by atoms with Crippen molar-refractivity contribution < 1.29 is 39.6 Å². The van der Waals surface area contributed by atoms with Gasteiger partial charge in [-0.05, 0) is 61.3 Å². The van der Waals surface area contributed by atoms with Crippen LogP contribution in [-0.4, -0.2) is 49.2 Å². The second-order valence-corrected chi connectivity index (χ2v) is 13.9. The van der Waals surface area contributed by atoms with Gasteiger partial charge in [-0.2, -0.15) is 0 Å². The number of rotatable bonds is 9. The average molecular weight is 593 g/mol. The van der Waals surface area contributed by atoms with Crippen LogP contribution in [0.2, 0.25) is 0 Å². The van der Waals surface area contributed by atoms with Crippen molar-refractivity contribution in [1.82, 2.24) is 0 Å². The molecule has 1 aromatic rings. The molecule has 3 aliphatic carbocycles. The van der Waals surface area contributed by atoms with Gasteiger partial charge in [-0.15, -0.1) is 0 Å². The zero-order chi connectivity index (χ0) is 32.2. The van der Waals surface area contributed by atoms with Crippen LogP contribution in [0, 0.1) is 28.6 Å². The summed E-state index contributed by atoms with van der Waals surface area (Å²) in [6.07, 6.45) is 6.52. The summed E-state index contributed by atoms with van der Waals surface area (Å²) in [5, 5.41) is 45.8. The molecule has 0 spiro atoms. The summed E-state index contributed by atoms with van der Waals surface area (Å²) in [5.74, 6) is -5.03. The predicted octanol–water partition coefficient (Wildman–Crippen LogP) is 5.99. The predicted molar refractivity (Wildman–Crippen MR) is 163 cm³/mol. The number of carbonyl (C=O) groups is 4. The van der Waals surface area contributed by atoms with Crippen LogP contribution in [0.3, 0.4) is 0 Å². The highest BCUT2D eigenvalue weighted by Crippen LogP contribution is 2.65. The normalized spacial score (nSPS) is 28.9. The molecule has 4 N–H and O–H groups in total. The third-order valence-electron chi connectivity index (χ3n) is 9.83. The molecule has 232 valence electrons. The zero-order valence-electron chi connectivity index (χ0n) is 26.2. The minimum Gasteiger partial charge on any atom is -0.508 e. The number of phenolic OH excluding ortho intramolecular Hbond substituents is 1. The molecule has 8 heteroatoms. The smallest absolute Gasteiger partial charge is 0.203 e. The Hall–Kier alpha value is -3.52. The fourth-order valence-electron chi connectivity index (χ4n) is 8.02. The Morgan fingerprint density at radius 2 is 1.70 bits per heavy atom. The van der Waals surface area contributed by atoms with Gasteiger partial charge in [-0.1, -0.05) is 66.5 Å². The maximum absolute atomic E-state index is 14.4. The average Bonchev–Trinajstić information content (AvgIpc) is 2.87. The van der Waals surface area contributed by atoms with E-state index in [1.54, 1.807) is 39.8 Å². The summed E-state index contributed by atoms with van der Waals surface area (Å²) in [6.45, 7) is 12.2. The Bertz CT molecular complexity index is 1490. The van der Waals surface area contributed by atoms with E-state index in [1.807, 2.05) is 0 Å². The lowest BCUT2D eigenvalue weighted by Crippen LogP contribution is -2.69. The number of hydrogen-bond donors (Lipinski definition) is 4. The number of allylic oxidation sites excluding steroid dienone is 2. The van der Waals surface area contributed by atoms with Gasteiger partial charge in [0.1, 0.15) is 22.8 Å². The Labute approximate surface area is 253 Å².